The molecule has 1 heterocycles. The average Bonchev–Trinajstić information content (AvgIpc) is 2.10. The molecule has 0 unspecified atom stereocenters. The van der Waals surface area contributed by atoms with Crippen molar-refractivity contribution in [3.63, 3.8) is 0 Å². The fourth-order valence-electron chi connectivity index (χ4n) is 0.500. The van der Waals surface area contributed by atoms with Crippen molar-refractivity contribution in [2.24, 2.45) is 0 Å². The van der Waals surface area contributed by atoms with Gasteiger partial charge in [-0.1, -0.05) is 0 Å². The molecule has 0 spiro atoms. The second-order valence-electron chi connectivity index (χ2n) is 1.51. The Bertz CT molecular complexity index is 231. The molecule has 0 aromatic carbocycles. The Hall–Kier alpha value is -0.350. The molecule has 0 radical (unpaired) electrons. The number of thiophene rings is 1. The van der Waals surface area contributed by atoms with Gasteiger partial charge >= 0.3 is 0 Å². The normalized spacial score (nSPS) is 9.44. The summed E-state index contributed by atoms with van der Waals surface area (Å²) in [4.78, 5) is 0. The van der Waals surface area contributed by atoms with E-state index in [2.05, 4.69) is 15.9 Å². The molecule has 0 aliphatic carbocycles. The number of anilines is 1. The van der Waals surface area contributed by atoms with Crippen molar-refractivity contribution in [3.05, 3.63) is 15.4 Å². The quantitative estimate of drug-likeness (QED) is 0.677. The molecule has 0 fully saturated rings. The number of hydrogen-bond donors (Lipinski definition) is 2. The molecule has 1 aromatic rings. The van der Waals surface area contributed by atoms with Crippen LogP contribution in [0.1, 0.15) is 5.56 Å². The number of nitrogen functional groups attached to an aromatic ring is 1. The van der Waals surface area contributed by atoms with Gasteiger partial charge in [0, 0.05) is 11.8 Å². The van der Waals surface area contributed by atoms with Crippen LogP contribution in [-0.4, -0.2) is 6.21 Å². The van der Waals surface area contributed by atoms with Gasteiger partial charge < -0.3 is 11.1 Å². The lowest BCUT2D eigenvalue weighted by Gasteiger charge is -1.82. The second kappa shape index (κ2) is 2.49. The van der Waals surface area contributed by atoms with Crippen LogP contribution in [0, 0.1) is 5.41 Å². The molecule has 0 saturated heterocycles. The van der Waals surface area contributed by atoms with Crippen molar-refractivity contribution >= 4 is 38.5 Å². The van der Waals surface area contributed by atoms with Crippen molar-refractivity contribution in [1.29, 1.82) is 5.41 Å². The zero-order valence-corrected chi connectivity index (χ0v) is 6.92. The van der Waals surface area contributed by atoms with Crippen LogP contribution in [0.15, 0.2) is 9.85 Å². The number of nitrogens with one attached hydrogen (secondary N) is 1. The van der Waals surface area contributed by atoms with Crippen LogP contribution in [0.4, 0.5) is 5.00 Å². The average molecular weight is 205 g/mol. The summed E-state index contributed by atoms with van der Waals surface area (Å²) in [5, 5.41) is 7.57. The lowest BCUT2D eigenvalue weighted by Crippen LogP contribution is -1.83. The molecule has 4 heteroatoms. The molecule has 3 N–H and O–H groups in total. The highest BCUT2D eigenvalue weighted by molar-refractivity contribution is 9.11. The van der Waals surface area contributed by atoms with Gasteiger partial charge in [-0.05, 0) is 22.0 Å². The van der Waals surface area contributed by atoms with E-state index in [1.165, 1.54) is 17.6 Å². The van der Waals surface area contributed by atoms with Gasteiger partial charge in [0.1, 0.15) is 0 Å². The van der Waals surface area contributed by atoms with Crippen LogP contribution in [0.3, 0.4) is 0 Å². The van der Waals surface area contributed by atoms with Gasteiger partial charge in [-0.25, -0.2) is 0 Å². The molecule has 0 saturated carbocycles. The molecule has 0 amide bonds. The van der Waals surface area contributed by atoms with Gasteiger partial charge in [0.15, 0.2) is 0 Å². The summed E-state index contributed by atoms with van der Waals surface area (Å²) in [6.07, 6.45) is 1.25. The molecule has 0 aliphatic rings. The Morgan fingerprint density at radius 2 is 2.44 bits per heavy atom. The molecule has 0 bridgehead atoms. The Morgan fingerprint density at radius 3 is 2.67 bits per heavy atom. The Balaban J connectivity index is 3.15. The minimum absolute atomic E-state index is 0.692. The predicted molar refractivity (Wildman–Crippen MR) is 44.3 cm³/mol. The molecule has 2 nitrogen and oxygen atoms in total. The smallest absolute Gasteiger partial charge is 0.0957 e. The summed E-state index contributed by atoms with van der Waals surface area (Å²) in [6, 6.07) is 1.83. The summed E-state index contributed by atoms with van der Waals surface area (Å²) >= 11 is 4.70. The summed E-state index contributed by atoms with van der Waals surface area (Å²) in [5.74, 6) is 0. The first kappa shape index (κ1) is 6.77. The van der Waals surface area contributed by atoms with Crippen LogP contribution in [-0.2, 0) is 0 Å². The summed E-state index contributed by atoms with van der Waals surface area (Å²) < 4.78 is 0.971. The first-order chi connectivity index (χ1) is 4.24. The third kappa shape index (κ3) is 1.31. The van der Waals surface area contributed by atoms with Crippen LogP contribution in [0.5, 0.6) is 0 Å². The maximum absolute atomic E-state index is 6.88. The molecular formula is C5H5BrN2S. The highest BCUT2D eigenvalue weighted by atomic mass is 79.9. The molecule has 1 aromatic heterocycles. The van der Waals surface area contributed by atoms with Crippen molar-refractivity contribution in [2.45, 2.75) is 0 Å². The number of hydrogen-bond acceptors (Lipinski definition) is 3. The van der Waals surface area contributed by atoms with E-state index in [-0.39, 0.29) is 0 Å². The highest BCUT2D eigenvalue weighted by Gasteiger charge is 1.99. The molecule has 1 rings (SSSR count). The first-order valence-electron chi connectivity index (χ1n) is 2.29. The second-order valence-corrected chi connectivity index (χ2v) is 3.98. The topological polar surface area (TPSA) is 49.9 Å². The molecular weight excluding hydrogens is 200 g/mol. The summed E-state index contributed by atoms with van der Waals surface area (Å²) in [7, 11) is 0. The maximum Gasteiger partial charge on any atom is 0.0957 e. The van der Waals surface area contributed by atoms with E-state index in [1.54, 1.807) is 0 Å². The minimum atomic E-state index is 0.692. The van der Waals surface area contributed by atoms with Gasteiger partial charge in [0.2, 0.25) is 0 Å². The fourth-order valence-corrected chi connectivity index (χ4v) is 1.90. The standard InChI is InChI=1S/C5H5BrN2S/c6-4-1-3(2-7)5(8)9-4/h1-2,7H,8H2. The van der Waals surface area contributed by atoms with Crippen LogP contribution >= 0.6 is 27.3 Å². The van der Waals surface area contributed by atoms with Gasteiger partial charge in [0.05, 0.1) is 8.79 Å². The Morgan fingerprint density at radius 1 is 1.78 bits per heavy atom. The van der Waals surface area contributed by atoms with Gasteiger partial charge in [-0.3, -0.25) is 0 Å². The van der Waals surface area contributed by atoms with Crippen molar-refractivity contribution < 1.29 is 0 Å². The van der Waals surface area contributed by atoms with Crippen LogP contribution < -0.4 is 5.73 Å². The van der Waals surface area contributed by atoms with Crippen molar-refractivity contribution in [1.82, 2.24) is 0 Å². The summed E-state index contributed by atoms with van der Waals surface area (Å²) in [5.41, 5.74) is 6.27. The molecule has 48 valence electrons. The van der Waals surface area contributed by atoms with E-state index in [4.69, 9.17) is 11.1 Å². The zero-order chi connectivity index (χ0) is 6.85. The van der Waals surface area contributed by atoms with E-state index in [0.29, 0.717) is 5.00 Å². The third-order valence-electron chi connectivity index (χ3n) is 0.916. The fraction of sp³-hybridized carbons (Fsp3) is 0. The van der Waals surface area contributed by atoms with E-state index in [1.807, 2.05) is 6.07 Å². The van der Waals surface area contributed by atoms with Crippen LogP contribution in [0.25, 0.3) is 0 Å². The number of rotatable bonds is 1. The largest absolute Gasteiger partial charge is 0.390 e. The monoisotopic (exact) mass is 204 g/mol. The van der Waals surface area contributed by atoms with E-state index >= 15 is 0 Å². The maximum atomic E-state index is 6.88. The van der Waals surface area contributed by atoms with Crippen molar-refractivity contribution in [3.8, 4) is 0 Å². The summed E-state index contributed by atoms with van der Waals surface area (Å²) in [6.45, 7) is 0. The van der Waals surface area contributed by atoms with Gasteiger partial charge in [-0.15, -0.1) is 11.3 Å². The first-order valence-corrected chi connectivity index (χ1v) is 3.90. The van der Waals surface area contributed by atoms with Crippen LogP contribution in [0.2, 0.25) is 0 Å². The lowest BCUT2D eigenvalue weighted by atomic mass is 10.3. The van der Waals surface area contributed by atoms with E-state index in [0.717, 1.165) is 9.35 Å². The van der Waals surface area contributed by atoms with E-state index < -0.39 is 0 Å². The molecule has 9 heavy (non-hydrogen) atoms. The number of nitrogens with two attached hydrogens (primary N) is 1. The lowest BCUT2D eigenvalue weighted by molar-refractivity contribution is 1.56. The number of halogens is 1. The third-order valence-corrected chi connectivity index (χ3v) is 2.40. The van der Waals surface area contributed by atoms with Gasteiger partial charge in [-0.2, -0.15) is 0 Å². The molecule has 0 aliphatic heterocycles. The highest BCUT2D eigenvalue weighted by Crippen LogP contribution is 2.27. The van der Waals surface area contributed by atoms with Gasteiger partial charge in [0.25, 0.3) is 0 Å². The predicted octanol–water partition coefficient (Wildman–Crippen LogP) is 2.09. The SMILES string of the molecule is N=Cc1cc(Br)sc1N. The van der Waals surface area contributed by atoms with Crippen molar-refractivity contribution in [2.75, 3.05) is 5.73 Å². The Labute approximate surface area is 65.3 Å². The minimum Gasteiger partial charge on any atom is -0.390 e. The molecule has 0 atom stereocenters. The zero-order valence-electron chi connectivity index (χ0n) is 4.52. The Kier molecular flexibility index (Phi) is 1.87. The van der Waals surface area contributed by atoms with E-state index in [9.17, 15) is 0 Å².